The summed E-state index contributed by atoms with van der Waals surface area (Å²) in [5, 5.41) is 0. The SMILES string of the molecule is CC(C)(C)N.CC(C)(C)N.CCCCC(C)(C)CCCC. The summed E-state index contributed by atoms with van der Waals surface area (Å²) in [5.74, 6) is 0. The van der Waals surface area contributed by atoms with E-state index in [2.05, 4.69) is 27.7 Å². The molecule has 0 radical (unpaired) electrons. The van der Waals surface area contributed by atoms with Crippen molar-refractivity contribution in [1.29, 1.82) is 0 Å². The van der Waals surface area contributed by atoms with Crippen LogP contribution in [0.3, 0.4) is 0 Å². The minimum atomic E-state index is 0. The predicted octanol–water partition coefficient (Wildman–Crippen LogP) is 5.88. The normalized spacial score (nSPS) is 12.0. The Morgan fingerprint density at radius 1 is 0.571 bits per heavy atom. The first-order chi connectivity index (χ1) is 9.12. The van der Waals surface area contributed by atoms with E-state index in [0.29, 0.717) is 5.41 Å². The Hall–Kier alpha value is -0.0800. The largest absolute Gasteiger partial charge is 0.326 e. The van der Waals surface area contributed by atoms with Crippen LogP contribution in [0.5, 0.6) is 0 Å². The molecule has 4 N–H and O–H groups in total. The lowest BCUT2D eigenvalue weighted by atomic mass is 9.82. The van der Waals surface area contributed by atoms with Gasteiger partial charge in [-0.15, -0.1) is 0 Å². The molecule has 0 aromatic rings. The number of hydrogen-bond acceptors (Lipinski definition) is 2. The first kappa shape index (κ1) is 25.9. The highest BCUT2D eigenvalue weighted by Crippen LogP contribution is 2.29. The van der Waals surface area contributed by atoms with Gasteiger partial charge in [-0.3, -0.25) is 0 Å². The lowest BCUT2D eigenvalue weighted by Gasteiger charge is -2.23. The van der Waals surface area contributed by atoms with Crippen LogP contribution in [0.4, 0.5) is 0 Å². The number of unbranched alkanes of at least 4 members (excludes halogenated alkanes) is 2. The second-order valence-electron chi connectivity index (χ2n) is 9.10. The summed E-state index contributed by atoms with van der Waals surface area (Å²) in [4.78, 5) is 0. The average molecular weight is 303 g/mol. The van der Waals surface area contributed by atoms with Crippen LogP contribution in [0.15, 0.2) is 0 Å². The van der Waals surface area contributed by atoms with Crippen molar-refractivity contribution < 1.29 is 0 Å². The molecule has 0 saturated carbocycles. The Kier molecular flexibility index (Phi) is 15.3. The molecule has 0 aliphatic carbocycles. The molecule has 0 spiro atoms. The van der Waals surface area contributed by atoms with Crippen molar-refractivity contribution >= 4 is 0 Å². The van der Waals surface area contributed by atoms with Gasteiger partial charge < -0.3 is 11.5 Å². The van der Waals surface area contributed by atoms with Crippen molar-refractivity contribution in [3.8, 4) is 0 Å². The van der Waals surface area contributed by atoms with Gasteiger partial charge in [0, 0.05) is 11.1 Å². The third-order valence-electron chi connectivity index (χ3n) is 2.41. The highest BCUT2D eigenvalue weighted by atomic mass is 14.7. The molecule has 0 unspecified atom stereocenters. The van der Waals surface area contributed by atoms with Crippen LogP contribution in [-0.2, 0) is 0 Å². The zero-order valence-electron chi connectivity index (χ0n) is 16.9. The highest BCUT2D eigenvalue weighted by Gasteiger charge is 2.15. The van der Waals surface area contributed by atoms with E-state index >= 15 is 0 Å². The van der Waals surface area contributed by atoms with Crippen molar-refractivity contribution in [3.05, 3.63) is 0 Å². The number of hydrogen-bond donors (Lipinski definition) is 2. The van der Waals surface area contributed by atoms with E-state index in [1.807, 2.05) is 41.5 Å². The van der Waals surface area contributed by atoms with Crippen LogP contribution in [0.2, 0.25) is 0 Å². The third-order valence-corrected chi connectivity index (χ3v) is 2.41. The summed E-state index contributed by atoms with van der Waals surface area (Å²) in [7, 11) is 0. The fourth-order valence-electron chi connectivity index (χ4n) is 1.44. The van der Waals surface area contributed by atoms with Crippen LogP contribution in [0.25, 0.3) is 0 Å². The molecule has 0 heterocycles. The molecule has 0 fully saturated rings. The summed E-state index contributed by atoms with van der Waals surface area (Å²) >= 11 is 0. The summed E-state index contributed by atoms with van der Waals surface area (Å²) < 4.78 is 0. The van der Waals surface area contributed by atoms with E-state index in [1.165, 1.54) is 38.5 Å². The molecule has 0 bridgehead atoms. The van der Waals surface area contributed by atoms with Gasteiger partial charge in [0.1, 0.15) is 0 Å². The van der Waals surface area contributed by atoms with E-state index in [1.54, 1.807) is 0 Å². The molecule has 21 heavy (non-hydrogen) atoms. The molecule has 0 aromatic heterocycles. The molecule has 0 atom stereocenters. The standard InChI is InChI=1S/C11H24.2C4H11N/c1-5-7-9-11(3,4)10-8-6-2;2*1-4(2,3)5/h5-10H2,1-4H3;2*5H2,1-3H3. The fraction of sp³-hybridized carbons (Fsp3) is 1.00. The fourth-order valence-corrected chi connectivity index (χ4v) is 1.44. The number of rotatable bonds is 6. The Labute approximate surface area is 136 Å². The summed E-state index contributed by atoms with van der Waals surface area (Å²) in [6, 6.07) is 0. The highest BCUT2D eigenvalue weighted by molar-refractivity contribution is 4.67. The molecule has 0 aliphatic heterocycles. The second kappa shape index (κ2) is 12.5. The maximum atomic E-state index is 5.35. The van der Waals surface area contributed by atoms with Crippen molar-refractivity contribution in [2.75, 3.05) is 0 Å². The summed E-state index contributed by atoms with van der Waals surface area (Å²) in [6.45, 7) is 21.1. The average Bonchev–Trinajstić information content (AvgIpc) is 2.19. The minimum Gasteiger partial charge on any atom is -0.326 e. The summed E-state index contributed by atoms with van der Waals surface area (Å²) in [5.41, 5.74) is 11.3. The molecule has 0 saturated heterocycles. The van der Waals surface area contributed by atoms with Gasteiger partial charge >= 0.3 is 0 Å². The van der Waals surface area contributed by atoms with E-state index in [0.717, 1.165) is 0 Å². The minimum absolute atomic E-state index is 0. The van der Waals surface area contributed by atoms with Gasteiger partial charge in [0.25, 0.3) is 0 Å². The molecule has 0 aliphatic rings. The van der Waals surface area contributed by atoms with E-state index in [-0.39, 0.29) is 11.1 Å². The quantitative estimate of drug-likeness (QED) is 0.643. The van der Waals surface area contributed by atoms with E-state index < -0.39 is 0 Å². The molecule has 2 nitrogen and oxygen atoms in total. The molecule has 132 valence electrons. The summed E-state index contributed by atoms with van der Waals surface area (Å²) in [6.07, 6.45) is 8.30. The van der Waals surface area contributed by atoms with Crippen molar-refractivity contribution in [2.45, 2.75) is 119 Å². The van der Waals surface area contributed by atoms with E-state index in [4.69, 9.17) is 11.5 Å². The van der Waals surface area contributed by atoms with Gasteiger partial charge in [-0.1, -0.05) is 53.4 Å². The topological polar surface area (TPSA) is 52.0 Å². The van der Waals surface area contributed by atoms with Gasteiger partial charge in [0.2, 0.25) is 0 Å². The maximum Gasteiger partial charge on any atom is 0.00686 e. The van der Waals surface area contributed by atoms with Crippen molar-refractivity contribution in [2.24, 2.45) is 16.9 Å². The Bertz CT molecular complexity index is 173. The van der Waals surface area contributed by atoms with Gasteiger partial charge in [0.15, 0.2) is 0 Å². The Morgan fingerprint density at radius 2 is 0.762 bits per heavy atom. The van der Waals surface area contributed by atoms with Gasteiger partial charge in [-0.2, -0.15) is 0 Å². The molecule has 0 aromatic carbocycles. The first-order valence-electron chi connectivity index (χ1n) is 8.70. The smallest absolute Gasteiger partial charge is 0.00686 e. The molecular formula is C19H46N2. The molecule has 0 amide bonds. The zero-order valence-corrected chi connectivity index (χ0v) is 16.9. The molecule has 0 rings (SSSR count). The second-order valence-corrected chi connectivity index (χ2v) is 9.10. The van der Waals surface area contributed by atoms with E-state index in [9.17, 15) is 0 Å². The van der Waals surface area contributed by atoms with Crippen molar-refractivity contribution in [1.82, 2.24) is 0 Å². The van der Waals surface area contributed by atoms with Crippen LogP contribution in [0, 0.1) is 5.41 Å². The lowest BCUT2D eigenvalue weighted by Crippen LogP contribution is -2.26. The maximum absolute atomic E-state index is 5.35. The Morgan fingerprint density at radius 3 is 0.905 bits per heavy atom. The van der Waals surface area contributed by atoms with Crippen LogP contribution in [-0.4, -0.2) is 11.1 Å². The number of nitrogens with two attached hydrogens (primary N) is 2. The molecule has 2 heteroatoms. The van der Waals surface area contributed by atoms with Gasteiger partial charge in [0.05, 0.1) is 0 Å². The van der Waals surface area contributed by atoms with Crippen LogP contribution >= 0.6 is 0 Å². The van der Waals surface area contributed by atoms with Crippen molar-refractivity contribution in [3.63, 3.8) is 0 Å². The van der Waals surface area contributed by atoms with Gasteiger partial charge in [-0.25, -0.2) is 0 Å². The first-order valence-corrected chi connectivity index (χ1v) is 8.70. The zero-order chi connectivity index (χ0) is 17.7. The monoisotopic (exact) mass is 302 g/mol. The van der Waals surface area contributed by atoms with Gasteiger partial charge in [-0.05, 0) is 59.8 Å². The molecular weight excluding hydrogens is 256 g/mol. The Balaban J connectivity index is -0.000000270. The lowest BCUT2D eigenvalue weighted by molar-refractivity contribution is 0.289. The van der Waals surface area contributed by atoms with Crippen LogP contribution < -0.4 is 11.5 Å². The predicted molar refractivity (Wildman–Crippen MR) is 101 cm³/mol. The van der Waals surface area contributed by atoms with Crippen LogP contribution in [0.1, 0.15) is 108 Å². The third kappa shape index (κ3) is 65.0.